The Hall–Kier alpha value is 0.220. The summed E-state index contributed by atoms with van der Waals surface area (Å²) in [4.78, 5) is 0. The SMILES string of the molecule is CC1(C)C[C@H](CSS(C)(=O)=O)C(C)(C)N1O. The molecule has 16 heavy (non-hydrogen) atoms. The summed E-state index contributed by atoms with van der Waals surface area (Å²) in [5.74, 6) is 0.707. The van der Waals surface area contributed by atoms with Gasteiger partial charge in [0.1, 0.15) is 0 Å². The molecule has 1 atom stereocenters. The van der Waals surface area contributed by atoms with Crippen LogP contribution in [0.3, 0.4) is 0 Å². The molecule has 0 aromatic heterocycles. The van der Waals surface area contributed by atoms with Gasteiger partial charge >= 0.3 is 0 Å². The second kappa shape index (κ2) is 4.15. The molecule has 1 N–H and O–H groups in total. The highest BCUT2D eigenvalue weighted by atomic mass is 33.1. The molecule has 0 aromatic rings. The first kappa shape index (κ1) is 14.3. The van der Waals surface area contributed by atoms with Gasteiger partial charge in [0.15, 0.2) is 8.87 Å². The van der Waals surface area contributed by atoms with Crippen molar-refractivity contribution in [3.05, 3.63) is 0 Å². The maximum Gasteiger partial charge on any atom is 0.198 e. The van der Waals surface area contributed by atoms with E-state index in [4.69, 9.17) is 0 Å². The lowest BCUT2D eigenvalue weighted by atomic mass is 9.89. The summed E-state index contributed by atoms with van der Waals surface area (Å²) in [6, 6.07) is 0. The Morgan fingerprint density at radius 1 is 1.38 bits per heavy atom. The minimum Gasteiger partial charge on any atom is -0.313 e. The molecule has 0 saturated carbocycles. The van der Waals surface area contributed by atoms with Crippen LogP contribution >= 0.6 is 10.8 Å². The summed E-state index contributed by atoms with van der Waals surface area (Å²) >= 11 is 0. The van der Waals surface area contributed by atoms with E-state index in [1.54, 1.807) is 0 Å². The van der Waals surface area contributed by atoms with Crippen molar-refractivity contribution < 1.29 is 13.6 Å². The van der Waals surface area contributed by atoms with E-state index in [0.717, 1.165) is 17.2 Å². The zero-order valence-electron chi connectivity index (χ0n) is 10.5. The molecule has 0 spiro atoms. The number of hydrogen-bond acceptors (Lipinski definition) is 5. The van der Waals surface area contributed by atoms with Crippen LogP contribution in [0.5, 0.6) is 0 Å². The summed E-state index contributed by atoms with van der Waals surface area (Å²) in [5, 5.41) is 11.4. The van der Waals surface area contributed by atoms with E-state index in [2.05, 4.69) is 0 Å². The molecule has 1 saturated heterocycles. The lowest BCUT2D eigenvalue weighted by Crippen LogP contribution is -2.47. The molecule has 0 bridgehead atoms. The standard InChI is InChI=1S/C10H21NO3S2/c1-9(2)6-8(7-15-16(5,13)14)10(3,4)11(9)12/h8,12H,6-7H2,1-5H3/t8-/m1/s1. The molecular formula is C10H21NO3S2. The van der Waals surface area contributed by atoms with Crippen molar-refractivity contribution in [1.82, 2.24) is 5.06 Å². The van der Waals surface area contributed by atoms with Gasteiger partial charge in [0.25, 0.3) is 0 Å². The van der Waals surface area contributed by atoms with Gasteiger partial charge < -0.3 is 5.21 Å². The monoisotopic (exact) mass is 267 g/mol. The van der Waals surface area contributed by atoms with E-state index in [1.807, 2.05) is 27.7 Å². The Labute approximate surface area is 102 Å². The van der Waals surface area contributed by atoms with Crippen molar-refractivity contribution in [3.8, 4) is 0 Å². The number of nitrogens with zero attached hydrogens (tertiary/aromatic N) is 1. The van der Waals surface area contributed by atoms with Gasteiger partial charge in [-0.3, -0.25) is 0 Å². The highest BCUT2D eigenvalue weighted by Gasteiger charge is 2.51. The minimum atomic E-state index is -3.00. The smallest absolute Gasteiger partial charge is 0.198 e. The van der Waals surface area contributed by atoms with Crippen LogP contribution in [-0.2, 0) is 8.87 Å². The lowest BCUT2D eigenvalue weighted by molar-refractivity contribution is -0.195. The molecule has 0 amide bonds. The second-order valence-electron chi connectivity index (χ2n) is 5.67. The molecule has 0 aromatic carbocycles. The van der Waals surface area contributed by atoms with E-state index in [0.29, 0.717) is 5.75 Å². The molecule has 0 radical (unpaired) electrons. The van der Waals surface area contributed by atoms with Crippen molar-refractivity contribution >= 4 is 19.7 Å². The maximum absolute atomic E-state index is 11.1. The second-order valence-corrected chi connectivity index (χ2v) is 10.2. The normalized spacial score (nSPS) is 29.5. The fourth-order valence-corrected chi connectivity index (χ4v) is 4.53. The molecule has 4 nitrogen and oxygen atoms in total. The first-order valence-electron chi connectivity index (χ1n) is 5.30. The van der Waals surface area contributed by atoms with Crippen LogP contribution < -0.4 is 0 Å². The molecule has 1 aliphatic rings. The van der Waals surface area contributed by atoms with E-state index in [1.165, 1.54) is 11.3 Å². The Kier molecular flexibility index (Phi) is 3.71. The average Bonchev–Trinajstić information content (AvgIpc) is 2.22. The number of hydrogen-bond donors (Lipinski definition) is 1. The van der Waals surface area contributed by atoms with Gasteiger partial charge in [0.2, 0.25) is 0 Å². The van der Waals surface area contributed by atoms with Crippen molar-refractivity contribution in [3.63, 3.8) is 0 Å². The highest BCUT2D eigenvalue weighted by Crippen LogP contribution is 2.45. The Balaban J connectivity index is 2.77. The van der Waals surface area contributed by atoms with Crippen molar-refractivity contribution in [1.29, 1.82) is 0 Å². The molecular weight excluding hydrogens is 246 g/mol. The van der Waals surface area contributed by atoms with Crippen LogP contribution in [0.2, 0.25) is 0 Å². The first-order valence-corrected chi connectivity index (χ1v) is 8.70. The third-order valence-electron chi connectivity index (χ3n) is 3.35. The molecule has 1 heterocycles. The van der Waals surface area contributed by atoms with Gasteiger partial charge in [-0.2, -0.15) is 5.06 Å². The van der Waals surface area contributed by atoms with Crippen molar-refractivity contribution in [2.24, 2.45) is 5.92 Å². The Bertz CT molecular complexity index is 362. The summed E-state index contributed by atoms with van der Waals surface area (Å²) < 4.78 is 22.3. The Morgan fingerprint density at radius 3 is 2.19 bits per heavy atom. The van der Waals surface area contributed by atoms with Crippen LogP contribution in [0.25, 0.3) is 0 Å². The van der Waals surface area contributed by atoms with Crippen LogP contribution in [0.15, 0.2) is 0 Å². The molecule has 0 aliphatic carbocycles. The highest BCUT2D eigenvalue weighted by molar-refractivity contribution is 8.71. The third kappa shape index (κ3) is 2.91. The van der Waals surface area contributed by atoms with Crippen molar-refractivity contribution in [2.45, 2.75) is 45.2 Å². The van der Waals surface area contributed by atoms with E-state index >= 15 is 0 Å². The van der Waals surface area contributed by atoms with Crippen molar-refractivity contribution in [2.75, 3.05) is 12.0 Å². The maximum atomic E-state index is 11.1. The van der Waals surface area contributed by atoms with Gasteiger partial charge in [-0.05, 0) is 50.8 Å². The molecule has 1 aliphatic heterocycles. The van der Waals surface area contributed by atoms with Crippen LogP contribution in [0.1, 0.15) is 34.1 Å². The fourth-order valence-electron chi connectivity index (χ4n) is 2.36. The molecule has 6 heteroatoms. The number of hydroxylamine groups is 2. The first-order chi connectivity index (χ1) is 6.97. The summed E-state index contributed by atoms with van der Waals surface area (Å²) in [5.41, 5.74) is -0.659. The summed E-state index contributed by atoms with van der Waals surface area (Å²) in [7, 11) is -2.03. The fraction of sp³-hybridized carbons (Fsp3) is 1.00. The van der Waals surface area contributed by atoms with Crippen LogP contribution in [0.4, 0.5) is 0 Å². The van der Waals surface area contributed by atoms with E-state index in [-0.39, 0.29) is 17.0 Å². The molecule has 0 unspecified atom stereocenters. The van der Waals surface area contributed by atoms with Crippen LogP contribution in [0, 0.1) is 5.92 Å². The minimum absolute atomic E-state index is 0.173. The van der Waals surface area contributed by atoms with Gasteiger partial charge in [-0.15, -0.1) is 0 Å². The topological polar surface area (TPSA) is 57.6 Å². The largest absolute Gasteiger partial charge is 0.313 e. The van der Waals surface area contributed by atoms with Gasteiger partial charge in [0.05, 0.1) is 0 Å². The van der Waals surface area contributed by atoms with Gasteiger partial charge in [-0.1, -0.05) is 0 Å². The lowest BCUT2D eigenvalue weighted by Gasteiger charge is -2.35. The predicted molar refractivity (Wildman–Crippen MR) is 67.2 cm³/mol. The third-order valence-corrected chi connectivity index (χ3v) is 6.01. The zero-order valence-corrected chi connectivity index (χ0v) is 12.2. The quantitative estimate of drug-likeness (QED) is 0.792. The number of rotatable bonds is 3. The van der Waals surface area contributed by atoms with Crippen LogP contribution in [-0.4, -0.2) is 41.8 Å². The predicted octanol–water partition coefficient (Wildman–Crippen LogP) is 1.95. The summed E-state index contributed by atoms with van der Waals surface area (Å²) in [6.45, 7) is 7.85. The Morgan fingerprint density at radius 2 is 1.88 bits per heavy atom. The average molecular weight is 267 g/mol. The van der Waals surface area contributed by atoms with E-state index < -0.39 is 8.87 Å². The van der Waals surface area contributed by atoms with Gasteiger partial charge in [-0.25, -0.2) is 8.42 Å². The molecule has 1 rings (SSSR count). The van der Waals surface area contributed by atoms with E-state index in [9.17, 15) is 13.6 Å². The molecule has 1 fully saturated rings. The summed E-state index contributed by atoms with van der Waals surface area (Å²) in [6.07, 6.45) is 2.03. The zero-order chi connectivity index (χ0) is 12.8. The van der Waals surface area contributed by atoms with Gasteiger partial charge in [0, 0.05) is 23.1 Å². The molecule has 96 valence electrons.